The molecular formula is C12H13F3O4. The third-order valence-corrected chi connectivity index (χ3v) is 2.55. The molecule has 0 heterocycles. The van der Waals surface area contributed by atoms with Crippen LogP contribution < -0.4 is 0 Å². The number of carbonyl (C=O) groups is 1. The second-order valence-electron chi connectivity index (χ2n) is 3.91. The van der Waals surface area contributed by atoms with Gasteiger partial charge >= 0.3 is 12.1 Å². The van der Waals surface area contributed by atoms with Gasteiger partial charge in [-0.3, -0.25) is 4.79 Å². The molecule has 1 aromatic carbocycles. The summed E-state index contributed by atoms with van der Waals surface area (Å²) in [6.45, 7) is 0. The summed E-state index contributed by atoms with van der Waals surface area (Å²) in [5, 5.41) is 19.2. The van der Waals surface area contributed by atoms with E-state index in [9.17, 15) is 28.2 Å². The van der Waals surface area contributed by atoms with Crippen LogP contribution in [0.4, 0.5) is 13.2 Å². The minimum atomic E-state index is -4.46. The molecule has 1 aromatic rings. The van der Waals surface area contributed by atoms with Crippen molar-refractivity contribution in [3.63, 3.8) is 0 Å². The summed E-state index contributed by atoms with van der Waals surface area (Å²) in [5.74, 6) is -0.724. The number of rotatable bonds is 4. The van der Waals surface area contributed by atoms with Crippen molar-refractivity contribution in [3.05, 3.63) is 35.4 Å². The molecule has 2 N–H and O–H groups in total. The molecule has 106 valence electrons. The largest absolute Gasteiger partial charge is 0.469 e. The lowest BCUT2D eigenvalue weighted by molar-refractivity contribution is -0.144. The van der Waals surface area contributed by atoms with Crippen LogP contribution in [-0.4, -0.2) is 29.4 Å². The minimum absolute atomic E-state index is 0.0874. The molecule has 0 spiro atoms. The second kappa shape index (κ2) is 6.03. The van der Waals surface area contributed by atoms with E-state index in [1.54, 1.807) is 0 Å². The van der Waals surface area contributed by atoms with Gasteiger partial charge in [0.15, 0.2) is 0 Å². The lowest BCUT2D eigenvalue weighted by atomic mass is 10.0. The van der Waals surface area contributed by atoms with Crippen molar-refractivity contribution in [1.29, 1.82) is 0 Å². The fourth-order valence-electron chi connectivity index (χ4n) is 1.46. The summed E-state index contributed by atoms with van der Waals surface area (Å²) < 4.78 is 41.3. The number of hydrogen-bond acceptors (Lipinski definition) is 4. The van der Waals surface area contributed by atoms with Crippen molar-refractivity contribution in [2.24, 2.45) is 0 Å². The number of esters is 1. The Bertz CT molecular complexity index is 428. The summed E-state index contributed by atoms with van der Waals surface area (Å²) >= 11 is 0. The molecule has 4 nitrogen and oxygen atoms in total. The van der Waals surface area contributed by atoms with E-state index in [1.807, 2.05) is 0 Å². The van der Waals surface area contributed by atoms with E-state index in [0.717, 1.165) is 31.4 Å². The molecule has 19 heavy (non-hydrogen) atoms. The highest BCUT2D eigenvalue weighted by atomic mass is 19.4. The first kappa shape index (κ1) is 15.5. The molecular weight excluding hydrogens is 265 g/mol. The van der Waals surface area contributed by atoms with Crippen LogP contribution in [0.25, 0.3) is 0 Å². The maximum atomic E-state index is 12.3. The highest BCUT2D eigenvalue weighted by Gasteiger charge is 2.30. The maximum Gasteiger partial charge on any atom is 0.416 e. The topological polar surface area (TPSA) is 66.8 Å². The van der Waals surface area contributed by atoms with Gasteiger partial charge in [0, 0.05) is 0 Å². The SMILES string of the molecule is COC(=O)CC(O)C(O)c1ccc(C(F)(F)F)cc1. The number of alkyl halides is 3. The Balaban J connectivity index is 2.77. The lowest BCUT2D eigenvalue weighted by Gasteiger charge is -2.17. The Kier molecular flexibility index (Phi) is 4.90. The zero-order valence-electron chi connectivity index (χ0n) is 10.0. The molecule has 0 aromatic heterocycles. The number of methoxy groups -OCH3 is 1. The second-order valence-corrected chi connectivity index (χ2v) is 3.91. The first-order valence-corrected chi connectivity index (χ1v) is 5.36. The van der Waals surface area contributed by atoms with Crippen LogP contribution in [0.15, 0.2) is 24.3 Å². The summed E-state index contributed by atoms with van der Waals surface area (Å²) in [6.07, 6.45) is -7.81. The van der Waals surface area contributed by atoms with Gasteiger partial charge < -0.3 is 14.9 Å². The van der Waals surface area contributed by atoms with Crippen LogP contribution in [0.3, 0.4) is 0 Å². The summed E-state index contributed by atoms with van der Waals surface area (Å²) in [5.41, 5.74) is -0.768. The molecule has 0 aliphatic rings. The third-order valence-electron chi connectivity index (χ3n) is 2.55. The molecule has 2 atom stereocenters. The average molecular weight is 278 g/mol. The molecule has 0 amide bonds. The van der Waals surface area contributed by atoms with Gasteiger partial charge in [-0.05, 0) is 17.7 Å². The van der Waals surface area contributed by atoms with E-state index in [1.165, 1.54) is 0 Å². The molecule has 0 aliphatic heterocycles. The van der Waals surface area contributed by atoms with Crippen molar-refractivity contribution >= 4 is 5.97 Å². The van der Waals surface area contributed by atoms with Crippen molar-refractivity contribution in [2.45, 2.75) is 24.8 Å². The zero-order valence-corrected chi connectivity index (χ0v) is 10.0. The Hall–Kier alpha value is -1.60. The van der Waals surface area contributed by atoms with E-state index in [4.69, 9.17) is 0 Å². The number of benzene rings is 1. The van der Waals surface area contributed by atoms with Gasteiger partial charge in [-0.15, -0.1) is 0 Å². The van der Waals surface area contributed by atoms with Crippen LogP contribution in [0.5, 0.6) is 0 Å². The molecule has 0 fully saturated rings. The van der Waals surface area contributed by atoms with Crippen LogP contribution in [0.1, 0.15) is 23.7 Å². The highest BCUT2D eigenvalue weighted by Crippen LogP contribution is 2.30. The summed E-state index contributed by atoms with van der Waals surface area (Å²) in [7, 11) is 1.12. The Labute approximate surface area is 107 Å². The number of hydrogen-bond donors (Lipinski definition) is 2. The van der Waals surface area contributed by atoms with Crippen molar-refractivity contribution in [2.75, 3.05) is 7.11 Å². The van der Waals surface area contributed by atoms with Gasteiger partial charge in [-0.2, -0.15) is 13.2 Å². The molecule has 1 rings (SSSR count). The standard InChI is InChI=1S/C12H13F3O4/c1-19-10(17)6-9(16)11(18)7-2-4-8(5-3-7)12(13,14)15/h2-5,9,11,16,18H,6H2,1H3. The number of aliphatic hydroxyl groups is 2. The predicted octanol–water partition coefficient (Wildman–Crippen LogP) is 1.66. The van der Waals surface area contributed by atoms with E-state index in [-0.39, 0.29) is 5.56 Å². The van der Waals surface area contributed by atoms with Gasteiger partial charge in [0.25, 0.3) is 0 Å². The first-order chi connectivity index (χ1) is 8.75. The van der Waals surface area contributed by atoms with E-state index in [2.05, 4.69) is 4.74 Å². The van der Waals surface area contributed by atoms with Crippen LogP contribution in [0, 0.1) is 0 Å². The zero-order chi connectivity index (χ0) is 14.6. The minimum Gasteiger partial charge on any atom is -0.469 e. The molecule has 7 heteroatoms. The van der Waals surface area contributed by atoms with Gasteiger partial charge in [0.05, 0.1) is 25.2 Å². The Morgan fingerprint density at radius 3 is 2.21 bits per heavy atom. The number of aliphatic hydroxyl groups excluding tert-OH is 2. The van der Waals surface area contributed by atoms with E-state index < -0.39 is 36.3 Å². The maximum absolute atomic E-state index is 12.3. The number of ether oxygens (including phenoxy) is 1. The molecule has 0 aliphatic carbocycles. The van der Waals surface area contributed by atoms with Crippen LogP contribution >= 0.6 is 0 Å². The molecule has 0 radical (unpaired) electrons. The molecule has 0 bridgehead atoms. The molecule has 2 unspecified atom stereocenters. The van der Waals surface area contributed by atoms with Crippen molar-refractivity contribution in [3.8, 4) is 0 Å². The van der Waals surface area contributed by atoms with Crippen molar-refractivity contribution in [1.82, 2.24) is 0 Å². The number of carbonyl (C=O) groups excluding carboxylic acids is 1. The van der Waals surface area contributed by atoms with Gasteiger partial charge in [-0.25, -0.2) is 0 Å². The molecule has 0 saturated heterocycles. The Morgan fingerprint density at radius 1 is 1.26 bits per heavy atom. The van der Waals surface area contributed by atoms with E-state index in [0.29, 0.717) is 0 Å². The predicted molar refractivity (Wildman–Crippen MR) is 59.0 cm³/mol. The normalized spacial score (nSPS) is 14.8. The first-order valence-electron chi connectivity index (χ1n) is 5.36. The smallest absolute Gasteiger partial charge is 0.416 e. The number of halogens is 3. The fraction of sp³-hybridized carbons (Fsp3) is 0.417. The summed E-state index contributed by atoms with van der Waals surface area (Å²) in [4.78, 5) is 10.9. The van der Waals surface area contributed by atoms with Crippen molar-refractivity contribution < 1.29 is 32.9 Å². The Morgan fingerprint density at radius 2 is 1.79 bits per heavy atom. The van der Waals surface area contributed by atoms with Gasteiger partial charge in [0.2, 0.25) is 0 Å². The fourth-order valence-corrected chi connectivity index (χ4v) is 1.46. The molecule has 0 saturated carbocycles. The monoisotopic (exact) mass is 278 g/mol. The highest BCUT2D eigenvalue weighted by molar-refractivity contribution is 5.69. The van der Waals surface area contributed by atoms with E-state index >= 15 is 0 Å². The average Bonchev–Trinajstić information content (AvgIpc) is 2.36. The van der Waals surface area contributed by atoms with Crippen LogP contribution in [-0.2, 0) is 15.7 Å². The lowest BCUT2D eigenvalue weighted by Crippen LogP contribution is -2.22. The van der Waals surface area contributed by atoms with Gasteiger partial charge in [-0.1, -0.05) is 12.1 Å². The third kappa shape index (κ3) is 4.22. The summed E-state index contributed by atoms with van der Waals surface area (Å²) in [6, 6.07) is 3.69. The quantitative estimate of drug-likeness (QED) is 0.822. The van der Waals surface area contributed by atoms with Crippen LogP contribution in [0.2, 0.25) is 0 Å². The van der Waals surface area contributed by atoms with Gasteiger partial charge in [0.1, 0.15) is 6.10 Å².